The van der Waals surface area contributed by atoms with Gasteiger partial charge in [-0.25, -0.2) is 0 Å². The van der Waals surface area contributed by atoms with Crippen molar-refractivity contribution < 1.29 is 0 Å². The second kappa shape index (κ2) is 8.97. The molecule has 4 heteroatoms. The molecule has 19 heavy (non-hydrogen) atoms. The normalized spacial score (nSPS) is 15.0. The van der Waals surface area contributed by atoms with Crippen LogP contribution in [0.25, 0.3) is 0 Å². The molecule has 0 radical (unpaired) electrons. The molecule has 0 rings (SSSR count). The lowest BCUT2D eigenvalue weighted by Crippen LogP contribution is -2.56. The van der Waals surface area contributed by atoms with Gasteiger partial charge < -0.3 is 4.00 Å². The van der Waals surface area contributed by atoms with Crippen molar-refractivity contribution in [1.29, 1.82) is 0 Å². The van der Waals surface area contributed by atoms with Crippen molar-refractivity contribution in [3.8, 4) is 0 Å². The van der Waals surface area contributed by atoms with Crippen LogP contribution in [0.1, 0.15) is 46.0 Å². The molecule has 0 aliphatic heterocycles. The highest BCUT2D eigenvalue weighted by Crippen LogP contribution is 2.48. The highest BCUT2D eigenvalue weighted by atomic mass is 31.1. The Balaban J connectivity index is 4.77. The predicted octanol–water partition coefficient (Wildman–Crippen LogP) is 6.35. The van der Waals surface area contributed by atoms with E-state index in [0.717, 1.165) is 0 Å². The van der Waals surface area contributed by atoms with Crippen LogP contribution >= 0.6 is 8.07 Å². The van der Waals surface area contributed by atoms with E-state index in [-0.39, 0.29) is 8.07 Å². The Morgan fingerprint density at radius 1 is 0.684 bits per heavy atom. The Kier molecular flexibility index (Phi) is 9.36. The highest BCUT2D eigenvalue weighted by Gasteiger charge is 2.38. The lowest BCUT2D eigenvalue weighted by molar-refractivity contribution is 0.701. The van der Waals surface area contributed by atoms with E-state index in [0.29, 0.717) is 0 Å². The number of hydrogen-bond acceptors (Lipinski definition) is 1. The fourth-order valence-electron chi connectivity index (χ4n) is 3.15. The predicted molar refractivity (Wildman–Crippen MR) is 99.6 cm³/mol. The average Bonchev–Trinajstić information content (AvgIpc) is 2.20. The van der Waals surface area contributed by atoms with Crippen LogP contribution in [0.5, 0.6) is 0 Å². The SMILES string of the molecule is CCCCCCP(CCC)N([Si](C)(C)C)[Si](C)(C)C. The van der Waals surface area contributed by atoms with Crippen LogP contribution in [-0.4, -0.2) is 32.8 Å². The van der Waals surface area contributed by atoms with Gasteiger partial charge in [-0.15, -0.1) is 0 Å². The van der Waals surface area contributed by atoms with Crippen LogP contribution in [0.3, 0.4) is 0 Å². The molecule has 1 nitrogen and oxygen atoms in total. The molecule has 0 saturated heterocycles. The van der Waals surface area contributed by atoms with Gasteiger partial charge in [0.15, 0.2) is 0 Å². The van der Waals surface area contributed by atoms with Crippen LogP contribution in [0.15, 0.2) is 0 Å². The maximum absolute atomic E-state index is 3.10. The molecule has 0 N–H and O–H groups in total. The molecule has 0 aromatic rings. The summed E-state index contributed by atoms with van der Waals surface area (Å²) in [5.41, 5.74) is 0. The first kappa shape index (κ1) is 19.8. The highest BCUT2D eigenvalue weighted by molar-refractivity contribution is 7.60. The van der Waals surface area contributed by atoms with Crippen molar-refractivity contribution in [1.82, 2.24) is 4.00 Å². The van der Waals surface area contributed by atoms with Gasteiger partial charge in [0.2, 0.25) is 0 Å². The quantitative estimate of drug-likeness (QED) is 0.258. The largest absolute Gasteiger partial charge is 0.324 e. The van der Waals surface area contributed by atoms with E-state index in [1.165, 1.54) is 44.4 Å². The van der Waals surface area contributed by atoms with Crippen LogP contribution in [0, 0.1) is 0 Å². The lowest BCUT2D eigenvalue weighted by atomic mass is 10.2. The smallest absolute Gasteiger partial charge is 0.116 e. The van der Waals surface area contributed by atoms with Crippen LogP contribution in [-0.2, 0) is 0 Å². The zero-order chi connectivity index (χ0) is 15.1. The summed E-state index contributed by atoms with van der Waals surface area (Å²) in [6.45, 7) is 20.0. The summed E-state index contributed by atoms with van der Waals surface area (Å²) >= 11 is 0. The van der Waals surface area contributed by atoms with E-state index >= 15 is 0 Å². The Bertz CT molecular complexity index is 219. The third-order valence-corrected chi connectivity index (χ3v) is 17.5. The number of hydrogen-bond donors (Lipinski definition) is 0. The molecule has 0 bridgehead atoms. The van der Waals surface area contributed by atoms with Crippen molar-refractivity contribution >= 4 is 24.5 Å². The Morgan fingerprint density at radius 2 is 1.21 bits per heavy atom. The molecule has 0 heterocycles. The molecular formula is C15H38NPSi2. The molecule has 1 atom stereocenters. The number of nitrogens with zero attached hydrogens (tertiary/aromatic N) is 1. The minimum atomic E-state index is -1.17. The van der Waals surface area contributed by atoms with Gasteiger partial charge in [-0.2, -0.15) is 0 Å². The summed E-state index contributed by atoms with van der Waals surface area (Å²) in [6, 6.07) is 0. The van der Waals surface area contributed by atoms with Gasteiger partial charge in [-0.1, -0.05) is 78.8 Å². The van der Waals surface area contributed by atoms with Crippen molar-refractivity contribution in [2.75, 3.05) is 12.3 Å². The molecule has 0 aliphatic rings. The van der Waals surface area contributed by atoms with Gasteiger partial charge in [0.05, 0.1) is 0 Å². The first-order chi connectivity index (χ1) is 8.64. The van der Waals surface area contributed by atoms with Crippen molar-refractivity contribution in [2.45, 2.75) is 85.2 Å². The summed E-state index contributed by atoms with van der Waals surface area (Å²) in [4.78, 5) is 0. The van der Waals surface area contributed by atoms with E-state index in [2.05, 4.69) is 57.1 Å². The van der Waals surface area contributed by atoms with E-state index in [4.69, 9.17) is 0 Å². The van der Waals surface area contributed by atoms with E-state index in [1.807, 2.05) is 0 Å². The molecule has 0 fully saturated rings. The van der Waals surface area contributed by atoms with Gasteiger partial charge in [0, 0.05) is 0 Å². The minimum absolute atomic E-state index is 0.140. The molecule has 0 spiro atoms. The Labute approximate surface area is 126 Å². The first-order valence-electron chi connectivity index (χ1n) is 8.19. The molecule has 0 saturated carbocycles. The lowest BCUT2D eigenvalue weighted by Gasteiger charge is -2.49. The number of unbranched alkanes of at least 4 members (excludes halogenated alkanes) is 3. The van der Waals surface area contributed by atoms with Gasteiger partial charge >= 0.3 is 0 Å². The van der Waals surface area contributed by atoms with Crippen LogP contribution < -0.4 is 0 Å². The monoisotopic (exact) mass is 319 g/mol. The maximum atomic E-state index is 3.10. The molecule has 116 valence electrons. The van der Waals surface area contributed by atoms with Crippen molar-refractivity contribution in [2.24, 2.45) is 0 Å². The molecule has 0 amide bonds. The summed E-state index contributed by atoms with van der Waals surface area (Å²) in [5, 5.41) is 0. The second-order valence-corrected chi connectivity index (χ2v) is 20.8. The summed E-state index contributed by atoms with van der Waals surface area (Å²) < 4.78 is 3.10. The van der Waals surface area contributed by atoms with Crippen molar-refractivity contribution in [3.63, 3.8) is 0 Å². The van der Waals surface area contributed by atoms with Gasteiger partial charge in [-0.3, -0.25) is 0 Å². The van der Waals surface area contributed by atoms with E-state index < -0.39 is 16.5 Å². The number of rotatable bonds is 10. The Hall–Kier alpha value is 0.824. The molecule has 0 aromatic heterocycles. The van der Waals surface area contributed by atoms with Crippen molar-refractivity contribution in [3.05, 3.63) is 0 Å². The summed E-state index contributed by atoms with van der Waals surface area (Å²) in [7, 11) is -2.19. The second-order valence-electron chi connectivity index (χ2n) is 7.67. The zero-order valence-electron chi connectivity index (χ0n) is 14.8. The van der Waals surface area contributed by atoms with Crippen LogP contribution in [0.4, 0.5) is 0 Å². The molecule has 0 aliphatic carbocycles. The van der Waals surface area contributed by atoms with E-state index in [9.17, 15) is 0 Å². The standard InChI is InChI=1S/C15H38NPSi2/c1-9-11-12-13-15-17(14-10-2)16(18(3,4)5)19(6,7)8/h9-15H2,1-8H3. The third-order valence-electron chi connectivity index (χ3n) is 3.31. The third kappa shape index (κ3) is 7.99. The molecular weight excluding hydrogens is 281 g/mol. The fourth-order valence-corrected chi connectivity index (χ4v) is 20.9. The fraction of sp³-hybridized carbons (Fsp3) is 1.00. The minimum Gasteiger partial charge on any atom is -0.324 e. The molecule has 1 unspecified atom stereocenters. The summed E-state index contributed by atoms with van der Waals surface area (Å²) in [6.07, 6.45) is 10.0. The van der Waals surface area contributed by atoms with Gasteiger partial charge in [0.25, 0.3) is 0 Å². The van der Waals surface area contributed by atoms with Gasteiger partial charge in [0.1, 0.15) is 16.5 Å². The first-order valence-corrected chi connectivity index (χ1v) is 16.8. The zero-order valence-corrected chi connectivity index (χ0v) is 17.7. The van der Waals surface area contributed by atoms with E-state index in [1.54, 1.807) is 0 Å². The summed E-state index contributed by atoms with van der Waals surface area (Å²) in [5.74, 6) is 0. The van der Waals surface area contributed by atoms with Crippen LogP contribution in [0.2, 0.25) is 39.3 Å². The van der Waals surface area contributed by atoms with Gasteiger partial charge in [-0.05, 0) is 26.8 Å². The topological polar surface area (TPSA) is 3.24 Å². The maximum Gasteiger partial charge on any atom is 0.116 e. The average molecular weight is 320 g/mol. The Morgan fingerprint density at radius 3 is 1.58 bits per heavy atom. The molecule has 0 aromatic carbocycles.